The van der Waals surface area contributed by atoms with Crippen LogP contribution in [0.25, 0.3) is 0 Å². The summed E-state index contributed by atoms with van der Waals surface area (Å²) < 4.78 is 0. The van der Waals surface area contributed by atoms with Crippen LogP contribution < -0.4 is 5.56 Å². The Morgan fingerprint density at radius 3 is 2.67 bits per heavy atom. The van der Waals surface area contributed by atoms with E-state index in [1.807, 2.05) is 30.3 Å². The molecule has 0 saturated heterocycles. The van der Waals surface area contributed by atoms with Crippen LogP contribution in [0.3, 0.4) is 0 Å². The number of carboxylic acids is 1. The standard InChI is InChI=1S/C15H12N2O3S/c16-8-12-11(6-10-4-2-1-3-5-10)7-13(18)17-15(12)21-9-14(19)20/h1-5,7H,6,9H2,(H,17,18)(H,19,20). The number of nitrogens with zero attached hydrogens (tertiary/aromatic N) is 1. The third-order valence-electron chi connectivity index (χ3n) is 2.78. The lowest BCUT2D eigenvalue weighted by atomic mass is 10.0. The Morgan fingerprint density at radius 1 is 1.33 bits per heavy atom. The number of rotatable bonds is 5. The monoisotopic (exact) mass is 300 g/mol. The summed E-state index contributed by atoms with van der Waals surface area (Å²) in [7, 11) is 0. The number of carboxylic acid groups (broad SMARTS) is 1. The minimum Gasteiger partial charge on any atom is -0.481 e. The molecule has 2 aromatic rings. The van der Waals surface area contributed by atoms with E-state index < -0.39 is 5.97 Å². The van der Waals surface area contributed by atoms with Crippen molar-refractivity contribution in [1.82, 2.24) is 4.98 Å². The van der Waals surface area contributed by atoms with Gasteiger partial charge in [-0.2, -0.15) is 5.26 Å². The summed E-state index contributed by atoms with van der Waals surface area (Å²) in [5.74, 6) is -1.21. The first-order valence-electron chi connectivity index (χ1n) is 6.15. The van der Waals surface area contributed by atoms with Gasteiger partial charge in [-0.3, -0.25) is 9.59 Å². The van der Waals surface area contributed by atoms with Crippen LogP contribution in [0.4, 0.5) is 0 Å². The average molecular weight is 300 g/mol. The number of aliphatic carboxylic acids is 1. The second-order valence-electron chi connectivity index (χ2n) is 4.32. The second-order valence-corrected chi connectivity index (χ2v) is 5.31. The van der Waals surface area contributed by atoms with Crippen LogP contribution >= 0.6 is 11.8 Å². The molecule has 2 rings (SSSR count). The molecule has 0 unspecified atom stereocenters. The Labute approximate surface area is 125 Å². The van der Waals surface area contributed by atoms with Gasteiger partial charge in [0, 0.05) is 6.07 Å². The van der Waals surface area contributed by atoms with E-state index in [1.165, 1.54) is 6.07 Å². The number of nitrogens with one attached hydrogen (secondary N) is 1. The molecule has 0 aliphatic rings. The molecular formula is C15H12N2O3S. The summed E-state index contributed by atoms with van der Waals surface area (Å²) in [5, 5.41) is 18.3. The first-order chi connectivity index (χ1) is 10.1. The topological polar surface area (TPSA) is 94.0 Å². The first kappa shape index (κ1) is 14.9. The molecule has 0 aliphatic heterocycles. The number of nitriles is 1. The number of hydrogen-bond acceptors (Lipinski definition) is 4. The molecule has 0 aliphatic carbocycles. The van der Waals surface area contributed by atoms with Crippen LogP contribution in [0.15, 0.2) is 46.2 Å². The Kier molecular flexibility index (Phi) is 4.80. The van der Waals surface area contributed by atoms with E-state index in [-0.39, 0.29) is 11.3 Å². The predicted molar refractivity (Wildman–Crippen MR) is 79.4 cm³/mol. The van der Waals surface area contributed by atoms with Gasteiger partial charge in [-0.25, -0.2) is 0 Å². The molecule has 21 heavy (non-hydrogen) atoms. The lowest BCUT2D eigenvalue weighted by molar-refractivity contribution is -0.133. The molecule has 0 bridgehead atoms. The second kappa shape index (κ2) is 6.77. The maximum atomic E-state index is 11.7. The van der Waals surface area contributed by atoms with Gasteiger partial charge in [0.05, 0.1) is 16.3 Å². The van der Waals surface area contributed by atoms with Crippen molar-refractivity contribution >= 4 is 17.7 Å². The Bertz CT molecular complexity index is 748. The van der Waals surface area contributed by atoms with Gasteiger partial charge in [0.25, 0.3) is 0 Å². The summed E-state index contributed by atoms with van der Waals surface area (Å²) in [6, 6.07) is 12.9. The SMILES string of the molecule is N#Cc1c(Cc2ccccc2)cc(=O)[nH]c1SCC(=O)O. The predicted octanol–water partition coefficient (Wildman–Crippen LogP) is 2.01. The fourth-order valence-corrected chi connectivity index (χ4v) is 2.67. The van der Waals surface area contributed by atoms with Crippen molar-refractivity contribution in [3.63, 3.8) is 0 Å². The molecule has 1 heterocycles. The van der Waals surface area contributed by atoms with Gasteiger partial charge in [-0.05, 0) is 17.5 Å². The molecule has 0 spiro atoms. The fraction of sp³-hybridized carbons (Fsp3) is 0.133. The van der Waals surface area contributed by atoms with E-state index in [0.29, 0.717) is 22.6 Å². The maximum Gasteiger partial charge on any atom is 0.313 e. The lowest BCUT2D eigenvalue weighted by Gasteiger charge is -2.08. The zero-order chi connectivity index (χ0) is 15.2. The van der Waals surface area contributed by atoms with Crippen LogP contribution in [-0.4, -0.2) is 21.8 Å². The molecule has 2 N–H and O–H groups in total. The molecule has 0 atom stereocenters. The van der Waals surface area contributed by atoms with Gasteiger partial charge in [0.1, 0.15) is 6.07 Å². The Morgan fingerprint density at radius 2 is 2.05 bits per heavy atom. The van der Waals surface area contributed by atoms with Crippen LogP contribution in [0.5, 0.6) is 0 Å². The molecule has 1 aromatic carbocycles. The van der Waals surface area contributed by atoms with E-state index in [2.05, 4.69) is 11.1 Å². The van der Waals surface area contributed by atoms with Crippen molar-refractivity contribution in [2.75, 3.05) is 5.75 Å². The Balaban J connectivity index is 2.39. The number of H-pyrrole nitrogens is 1. The highest BCUT2D eigenvalue weighted by molar-refractivity contribution is 7.99. The van der Waals surface area contributed by atoms with E-state index in [1.54, 1.807) is 0 Å². The van der Waals surface area contributed by atoms with Gasteiger partial charge in [0.15, 0.2) is 0 Å². The summed E-state index contributed by atoms with van der Waals surface area (Å²) >= 11 is 0.941. The van der Waals surface area contributed by atoms with E-state index in [0.717, 1.165) is 17.3 Å². The van der Waals surface area contributed by atoms with Crippen LogP contribution in [0.2, 0.25) is 0 Å². The quantitative estimate of drug-likeness (QED) is 0.824. The minimum atomic E-state index is -1.00. The number of aromatic nitrogens is 1. The van der Waals surface area contributed by atoms with Gasteiger partial charge in [0.2, 0.25) is 5.56 Å². The third kappa shape index (κ3) is 3.97. The van der Waals surface area contributed by atoms with Gasteiger partial charge in [-0.15, -0.1) is 0 Å². The summed E-state index contributed by atoms with van der Waals surface area (Å²) in [4.78, 5) is 24.9. The Hall–Kier alpha value is -2.52. The van der Waals surface area contributed by atoms with E-state index >= 15 is 0 Å². The number of hydrogen-bond donors (Lipinski definition) is 2. The van der Waals surface area contributed by atoms with Crippen molar-refractivity contribution in [3.05, 3.63) is 63.4 Å². The van der Waals surface area contributed by atoms with Crippen molar-refractivity contribution in [2.45, 2.75) is 11.4 Å². The normalized spacial score (nSPS) is 10.0. The summed E-state index contributed by atoms with van der Waals surface area (Å²) in [6.45, 7) is 0. The lowest BCUT2D eigenvalue weighted by Crippen LogP contribution is -2.11. The van der Waals surface area contributed by atoms with Gasteiger partial charge >= 0.3 is 5.97 Å². The third-order valence-corrected chi connectivity index (χ3v) is 3.77. The van der Waals surface area contributed by atoms with E-state index in [4.69, 9.17) is 5.11 Å². The van der Waals surface area contributed by atoms with E-state index in [9.17, 15) is 14.9 Å². The number of thioether (sulfide) groups is 1. The molecule has 0 saturated carbocycles. The minimum absolute atomic E-state index is 0.209. The van der Waals surface area contributed by atoms with Crippen molar-refractivity contribution in [1.29, 1.82) is 5.26 Å². The summed E-state index contributed by atoms with van der Waals surface area (Å²) in [5.41, 5.74) is 1.56. The molecule has 0 radical (unpaired) electrons. The highest BCUT2D eigenvalue weighted by atomic mass is 32.2. The largest absolute Gasteiger partial charge is 0.481 e. The zero-order valence-corrected chi connectivity index (χ0v) is 11.8. The molecule has 0 amide bonds. The molecule has 1 aromatic heterocycles. The average Bonchev–Trinajstić information content (AvgIpc) is 2.46. The molecule has 5 nitrogen and oxygen atoms in total. The molecule has 6 heteroatoms. The van der Waals surface area contributed by atoms with Crippen LogP contribution in [-0.2, 0) is 11.2 Å². The van der Waals surface area contributed by atoms with Gasteiger partial charge < -0.3 is 10.1 Å². The zero-order valence-electron chi connectivity index (χ0n) is 11.0. The van der Waals surface area contributed by atoms with Crippen LogP contribution in [0, 0.1) is 11.3 Å². The first-order valence-corrected chi connectivity index (χ1v) is 7.13. The number of carbonyl (C=O) groups is 1. The smallest absolute Gasteiger partial charge is 0.313 e. The number of aromatic amines is 1. The summed E-state index contributed by atoms with van der Waals surface area (Å²) in [6.07, 6.45) is 0.453. The van der Waals surface area contributed by atoms with Crippen molar-refractivity contribution in [2.24, 2.45) is 0 Å². The van der Waals surface area contributed by atoms with Gasteiger partial charge in [-0.1, -0.05) is 42.1 Å². The maximum absolute atomic E-state index is 11.7. The fourth-order valence-electron chi connectivity index (χ4n) is 1.91. The van der Waals surface area contributed by atoms with Crippen LogP contribution in [0.1, 0.15) is 16.7 Å². The highest BCUT2D eigenvalue weighted by Crippen LogP contribution is 2.22. The molecular weight excluding hydrogens is 288 g/mol. The van der Waals surface area contributed by atoms with Crippen molar-refractivity contribution < 1.29 is 9.90 Å². The number of benzene rings is 1. The highest BCUT2D eigenvalue weighted by Gasteiger charge is 2.13. The molecule has 0 fully saturated rings. The number of pyridine rings is 1. The molecule has 106 valence electrons. The van der Waals surface area contributed by atoms with Crippen molar-refractivity contribution in [3.8, 4) is 6.07 Å².